The molecule has 0 unspecified atom stereocenters. The number of benzene rings is 1. The molecular weight excluding hydrogens is 325 g/mol. The fourth-order valence-electron chi connectivity index (χ4n) is 6.12. The zero-order chi connectivity index (χ0) is 16.0. The lowest BCUT2D eigenvalue weighted by Gasteiger charge is -2.57. The van der Waals surface area contributed by atoms with Crippen LogP contribution in [0.3, 0.4) is 0 Å². The molecule has 0 amide bonds. The Morgan fingerprint density at radius 2 is 1.78 bits per heavy atom. The summed E-state index contributed by atoms with van der Waals surface area (Å²) >= 11 is 4.14. The van der Waals surface area contributed by atoms with Crippen molar-refractivity contribution in [3.63, 3.8) is 0 Å². The van der Waals surface area contributed by atoms with E-state index in [9.17, 15) is 4.39 Å². The summed E-state index contributed by atoms with van der Waals surface area (Å²) in [6, 6.07) is 5.49. The standard InChI is InChI=1S/C19H26FNS2/c1-21(11-16-2-3-17(23-22)7-18(16)20)12-19-8-13-4-14(9-19)6-15(5-13)10-19/h2-3,7,13-15,22H,4-6,8-12H2,1H3. The maximum atomic E-state index is 14.2. The van der Waals surface area contributed by atoms with Crippen LogP contribution in [0.15, 0.2) is 23.1 Å². The van der Waals surface area contributed by atoms with Crippen molar-refractivity contribution < 1.29 is 4.39 Å². The van der Waals surface area contributed by atoms with Gasteiger partial charge >= 0.3 is 0 Å². The molecule has 1 aromatic carbocycles. The Morgan fingerprint density at radius 1 is 1.17 bits per heavy atom. The third kappa shape index (κ3) is 3.32. The van der Waals surface area contributed by atoms with E-state index < -0.39 is 0 Å². The van der Waals surface area contributed by atoms with Crippen LogP contribution in [0.4, 0.5) is 4.39 Å². The molecule has 4 bridgehead atoms. The van der Waals surface area contributed by atoms with E-state index in [2.05, 4.69) is 23.6 Å². The smallest absolute Gasteiger partial charge is 0.128 e. The van der Waals surface area contributed by atoms with Crippen molar-refractivity contribution >= 4 is 22.5 Å². The summed E-state index contributed by atoms with van der Waals surface area (Å²) in [5.74, 6) is 2.86. The average molecular weight is 352 g/mol. The van der Waals surface area contributed by atoms with E-state index in [-0.39, 0.29) is 5.82 Å². The summed E-state index contributed by atoms with van der Waals surface area (Å²) in [5.41, 5.74) is 1.34. The Morgan fingerprint density at radius 3 is 2.30 bits per heavy atom. The van der Waals surface area contributed by atoms with Gasteiger partial charge in [-0.2, -0.15) is 0 Å². The third-order valence-corrected chi connectivity index (χ3v) is 7.44. The normalized spacial score (nSPS) is 35.2. The molecule has 4 fully saturated rings. The maximum absolute atomic E-state index is 14.2. The molecule has 4 heteroatoms. The van der Waals surface area contributed by atoms with Crippen molar-refractivity contribution in [2.75, 3.05) is 13.6 Å². The maximum Gasteiger partial charge on any atom is 0.128 e. The number of rotatable bonds is 5. The van der Waals surface area contributed by atoms with E-state index in [1.165, 1.54) is 49.3 Å². The number of thiol groups is 1. The lowest BCUT2D eigenvalue weighted by Crippen LogP contribution is -2.50. The van der Waals surface area contributed by atoms with Crippen LogP contribution in [-0.4, -0.2) is 18.5 Å². The topological polar surface area (TPSA) is 3.24 Å². The molecule has 0 aromatic heterocycles. The minimum atomic E-state index is -0.0959. The van der Waals surface area contributed by atoms with Crippen LogP contribution in [0.1, 0.15) is 44.1 Å². The Balaban J connectivity index is 1.43. The number of hydrogen-bond donors (Lipinski definition) is 1. The second-order valence-electron chi connectivity index (χ2n) is 8.43. The lowest BCUT2D eigenvalue weighted by atomic mass is 9.49. The van der Waals surface area contributed by atoms with Gasteiger partial charge in [-0.25, -0.2) is 4.39 Å². The molecule has 0 spiro atoms. The molecule has 0 radical (unpaired) electrons. The minimum Gasteiger partial charge on any atom is -0.301 e. The van der Waals surface area contributed by atoms with Crippen LogP contribution in [0.5, 0.6) is 0 Å². The molecule has 0 saturated heterocycles. The Bertz CT molecular complexity index is 553. The zero-order valence-corrected chi connectivity index (χ0v) is 15.5. The molecule has 5 rings (SSSR count). The highest BCUT2D eigenvalue weighted by Crippen LogP contribution is 2.60. The zero-order valence-electron chi connectivity index (χ0n) is 13.8. The monoisotopic (exact) mass is 351 g/mol. The van der Waals surface area contributed by atoms with Gasteiger partial charge in [0.25, 0.3) is 0 Å². The first kappa shape index (κ1) is 16.3. The van der Waals surface area contributed by atoms with Gasteiger partial charge in [-0.15, -0.1) is 11.7 Å². The fraction of sp³-hybridized carbons (Fsp3) is 0.684. The average Bonchev–Trinajstić information content (AvgIpc) is 2.47. The first-order chi connectivity index (χ1) is 11.0. The fourth-order valence-corrected chi connectivity index (χ4v) is 6.74. The molecule has 23 heavy (non-hydrogen) atoms. The predicted molar refractivity (Wildman–Crippen MR) is 98.2 cm³/mol. The third-order valence-electron chi connectivity index (χ3n) is 6.34. The van der Waals surface area contributed by atoms with Crippen molar-refractivity contribution in [3.8, 4) is 0 Å². The molecule has 126 valence electrons. The predicted octanol–water partition coefficient (Wildman–Crippen LogP) is 5.41. The van der Waals surface area contributed by atoms with E-state index in [0.717, 1.165) is 34.8 Å². The van der Waals surface area contributed by atoms with Gasteiger partial charge in [0.2, 0.25) is 0 Å². The van der Waals surface area contributed by atoms with E-state index in [1.54, 1.807) is 6.07 Å². The molecule has 4 saturated carbocycles. The molecular formula is C19H26FNS2. The molecule has 0 aliphatic heterocycles. The first-order valence-corrected chi connectivity index (χ1v) is 10.7. The second kappa shape index (κ2) is 6.27. The van der Waals surface area contributed by atoms with E-state index in [0.29, 0.717) is 12.0 Å². The highest BCUT2D eigenvalue weighted by Gasteiger charge is 2.50. The van der Waals surface area contributed by atoms with Crippen molar-refractivity contribution in [3.05, 3.63) is 29.6 Å². The Hall–Kier alpha value is -0.190. The van der Waals surface area contributed by atoms with Crippen LogP contribution in [0, 0.1) is 29.0 Å². The summed E-state index contributed by atoms with van der Waals surface area (Å²) in [5, 5.41) is 0. The first-order valence-electron chi connectivity index (χ1n) is 8.84. The summed E-state index contributed by atoms with van der Waals surface area (Å²) in [6.45, 7) is 1.85. The summed E-state index contributed by atoms with van der Waals surface area (Å²) < 4.78 is 14.2. The van der Waals surface area contributed by atoms with Crippen LogP contribution in [0.25, 0.3) is 0 Å². The van der Waals surface area contributed by atoms with Crippen LogP contribution in [0.2, 0.25) is 0 Å². The largest absolute Gasteiger partial charge is 0.301 e. The van der Waals surface area contributed by atoms with Gasteiger partial charge in [-0.1, -0.05) is 16.9 Å². The SMILES string of the molecule is CN(Cc1ccc(SS)cc1F)CC12CC3CC(CC(C3)C1)C2. The van der Waals surface area contributed by atoms with Gasteiger partial charge < -0.3 is 4.90 Å². The van der Waals surface area contributed by atoms with E-state index >= 15 is 0 Å². The summed E-state index contributed by atoms with van der Waals surface area (Å²) in [4.78, 5) is 3.23. The van der Waals surface area contributed by atoms with Gasteiger partial charge in [-0.05, 0) is 80.9 Å². The minimum absolute atomic E-state index is 0.0959. The van der Waals surface area contributed by atoms with Gasteiger partial charge in [-0.3, -0.25) is 0 Å². The van der Waals surface area contributed by atoms with Gasteiger partial charge in [0.05, 0.1) is 0 Å². The summed E-state index contributed by atoms with van der Waals surface area (Å²) in [7, 11) is 3.46. The van der Waals surface area contributed by atoms with Crippen molar-refractivity contribution in [2.45, 2.75) is 50.0 Å². The molecule has 4 aliphatic rings. The van der Waals surface area contributed by atoms with Crippen LogP contribution < -0.4 is 0 Å². The number of nitrogens with zero attached hydrogens (tertiary/aromatic N) is 1. The van der Waals surface area contributed by atoms with Gasteiger partial charge in [0.15, 0.2) is 0 Å². The molecule has 1 aromatic rings. The summed E-state index contributed by atoms with van der Waals surface area (Å²) in [6.07, 6.45) is 8.71. The Kier molecular flexibility index (Phi) is 4.44. The Labute approximate surface area is 148 Å². The van der Waals surface area contributed by atoms with Crippen molar-refractivity contribution in [2.24, 2.45) is 23.2 Å². The second-order valence-corrected chi connectivity index (χ2v) is 9.64. The molecule has 0 atom stereocenters. The molecule has 4 aliphatic carbocycles. The van der Waals surface area contributed by atoms with E-state index in [4.69, 9.17) is 0 Å². The van der Waals surface area contributed by atoms with Crippen LogP contribution >= 0.6 is 22.5 Å². The van der Waals surface area contributed by atoms with Gasteiger partial charge in [0.1, 0.15) is 5.82 Å². The number of halogens is 1. The molecule has 0 heterocycles. The molecule has 1 nitrogen and oxygen atoms in total. The molecule has 0 N–H and O–H groups in total. The van der Waals surface area contributed by atoms with Crippen molar-refractivity contribution in [1.82, 2.24) is 4.90 Å². The van der Waals surface area contributed by atoms with E-state index in [1.807, 2.05) is 12.1 Å². The quantitative estimate of drug-likeness (QED) is 0.558. The van der Waals surface area contributed by atoms with Crippen molar-refractivity contribution in [1.29, 1.82) is 0 Å². The van der Waals surface area contributed by atoms with Gasteiger partial charge in [0, 0.05) is 23.5 Å². The van der Waals surface area contributed by atoms with Crippen LogP contribution in [-0.2, 0) is 6.54 Å². The highest BCUT2D eigenvalue weighted by molar-refractivity contribution is 8.68. The highest BCUT2D eigenvalue weighted by atomic mass is 33.1. The number of hydrogen-bond acceptors (Lipinski definition) is 3. The lowest BCUT2D eigenvalue weighted by molar-refractivity contribution is -0.0671.